The third-order valence-electron chi connectivity index (χ3n) is 2.16. The summed E-state index contributed by atoms with van der Waals surface area (Å²) in [5.41, 5.74) is 0. The monoisotopic (exact) mass is 190 g/mol. The molecule has 76 valence electrons. The molecule has 0 radical (unpaired) electrons. The first-order valence-electron chi connectivity index (χ1n) is 4.05. The molecule has 1 rings (SSSR count). The van der Waals surface area contributed by atoms with Gasteiger partial charge in [-0.25, -0.2) is 0 Å². The SMILES string of the molecule is C=C[C@@H](O)[C@H]1OC(CO)[C@@H](O)[C@@H]1O. The zero-order valence-electron chi connectivity index (χ0n) is 7.08. The van der Waals surface area contributed by atoms with Gasteiger partial charge in [-0.2, -0.15) is 0 Å². The van der Waals surface area contributed by atoms with E-state index < -0.39 is 37.1 Å². The molecular formula is C8H14O5. The largest absolute Gasteiger partial charge is 0.394 e. The Labute approximate surface area is 75.9 Å². The Kier molecular flexibility index (Phi) is 3.40. The number of ether oxygens (including phenoxy) is 1. The quantitative estimate of drug-likeness (QED) is 0.387. The molecule has 1 fully saturated rings. The molecule has 5 heteroatoms. The molecule has 1 saturated heterocycles. The van der Waals surface area contributed by atoms with Gasteiger partial charge in [-0.1, -0.05) is 6.08 Å². The van der Waals surface area contributed by atoms with Crippen molar-refractivity contribution in [3.8, 4) is 0 Å². The fourth-order valence-electron chi connectivity index (χ4n) is 1.34. The zero-order chi connectivity index (χ0) is 10.0. The highest BCUT2D eigenvalue weighted by molar-refractivity contribution is 4.98. The van der Waals surface area contributed by atoms with Crippen LogP contribution in [0.3, 0.4) is 0 Å². The summed E-state index contributed by atoms with van der Waals surface area (Å²) >= 11 is 0. The maximum absolute atomic E-state index is 9.37. The van der Waals surface area contributed by atoms with Crippen LogP contribution in [0.1, 0.15) is 0 Å². The van der Waals surface area contributed by atoms with Crippen LogP contribution in [0.2, 0.25) is 0 Å². The van der Waals surface area contributed by atoms with Crippen LogP contribution in [-0.2, 0) is 4.74 Å². The lowest BCUT2D eigenvalue weighted by molar-refractivity contribution is -0.0597. The fourth-order valence-corrected chi connectivity index (χ4v) is 1.34. The fraction of sp³-hybridized carbons (Fsp3) is 0.750. The molecule has 0 aromatic rings. The minimum atomic E-state index is -1.19. The predicted molar refractivity (Wildman–Crippen MR) is 44.0 cm³/mol. The van der Waals surface area contributed by atoms with Crippen molar-refractivity contribution in [1.29, 1.82) is 0 Å². The lowest BCUT2D eigenvalue weighted by Crippen LogP contribution is -2.38. The van der Waals surface area contributed by atoms with E-state index in [1.54, 1.807) is 0 Å². The zero-order valence-corrected chi connectivity index (χ0v) is 7.08. The van der Waals surface area contributed by atoms with E-state index in [9.17, 15) is 15.3 Å². The van der Waals surface area contributed by atoms with Crippen molar-refractivity contribution in [3.63, 3.8) is 0 Å². The van der Waals surface area contributed by atoms with E-state index >= 15 is 0 Å². The van der Waals surface area contributed by atoms with Crippen LogP contribution in [0.4, 0.5) is 0 Å². The topological polar surface area (TPSA) is 90.2 Å². The van der Waals surface area contributed by atoms with E-state index in [1.165, 1.54) is 6.08 Å². The van der Waals surface area contributed by atoms with Crippen molar-refractivity contribution in [2.75, 3.05) is 6.61 Å². The van der Waals surface area contributed by atoms with Crippen LogP contribution in [0.5, 0.6) is 0 Å². The van der Waals surface area contributed by atoms with Crippen molar-refractivity contribution in [2.24, 2.45) is 0 Å². The van der Waals surface area contributed by atoms with Crippen molar-refractivity contribution in [1.82, 2.24) is 0 Å². The van der Waals surface area contributed by atoms with Crippen LogP contribution in [0.25, 0.3) is 0 Å². The third kappa shape index (κ3) is 1.90. The van der Waals surface area contributed by atoms with Crippen molar-refractivity contribution < 1.29 is 25.2 Å². The number of aliphatic hydroxyl groups is 4. The normalized spacial score (nSPS) is 41.8. The second-order valence-electron chi connectivity index (χ2n) is 3.03. The number of aliphatic hydroxyl groups excluding tert-OH is 4. The average Bonchev–Trinajstić information content (AvgIpc) is 2.43. The summed E-state index contributed by atoms with van der Waals surface area (Å²) in [6.07, 6.45) is -3.93. The molecule has 0 spiro atoms. The van der Waals surface area contributed by atoms with Crippen LogP contribution in [0, 0.1) is 0 Å². The predicted octanol–water partition coefficient (Wildman–Crippen LogP) is -1.99. The van der Waals surface area contributed by atoms with E-state index in [4.69, 9.17) is 9.84 Å². The Morgan fingerprint density at radius 1 is 1.38 bits per heavy atom. The highest BCUT2D eigenvalue weighted by Gasteiger charge is 2.44. The molecule has 4 N–H and O–H groups in total. The molecule has 0 aromatic carbocycles. The van der Waals surface area contributed by atoms with Crippen molar-refractivity contribution >= 4 is 0 Å². The van der Waals surface area contributed by atoms with Gasteiger partial charge in [-0.05, 0) is 0 Å². The molecule has 0 amide bonds. The summed E-state index contributed by atoms with van der Waals surface area (Å²) in [5.74, 6) is 0. The summed E-state index contributed by atoms with van der Waals surface area (Å²) in [6, 6.07) is 0. The smallest absolute Gasteiger partial charge is 0.116 e. The summed E-state index contributed by atoms with van der Waals surface area (Å²) in [7, 11) is 0. The van der Waals surface area contributed by atoms with E-state index in [0.29, 0.717) is 0 Å². The van der Waals surface area contributed by atoms with Gasteiger partial charge in [-0.15, -0.1) is 6.58 Å². The second kappa shape index (κ2) is 4.17. The molecule has 5 nitrogen and oxygen atoms in total. The van der Waals surface area contributed by atoms with Gasteiger partial charge >= 0.3 is 0 Å². The Morgan fingerprint density at radius 3 is 2.38 bits per heavy atom. The molecule has 1 heterocycles. The Bertz CT molecular complexity index is 183. The molecule has 0 aromatic heterocycles. The molecule has 0 saturated carbocycles. The van der Waals surface area contributed by atoms with Gasteiger partial charge < -0.3 is 25.2 Å². The van der Waals surface area contributed by atoms with Gasteiger partial charge in [0.1, 0.15) is 30.5 Å². The molecule has 1 aliphatic rings. The molecule has 0 bridgehead atoms. The average molecular weight is 190 g/mol. The molecule has 1 unspecified atom stereocenters. The Balaban J connectivity index is 2.65. The molecular weight excluding hydrogens is 176 g/mol. The molecule has 13 heavy (non-hydrogen) atoms. The lowest BCUT2D eigenvalue weighted by Gasteiger charge is -2.17. The lowest BCUT2D eigenvalue weighted by atomic mass is 10.0. The third-order valence-corrected chi connectivity index (χ3v) is 2.16. The van der Waals surface area contributed by atoms with Crippen molar-refractivity contribution in [2.45, 2.75) is 30.5 Å². The summed E-state index contributed by atoms with van der Waals surface area (Å²) in [4.78, 5) is 0. The standard InChI is InChI=1S/C8H14O5/c1-2-4(10)8-7(12)6(11)5(3-9)13-8/h2,4-12H,1,3H2/t4-,5?,6-,7+,8-/m1/s1. The summed E-state index contributed by atoms with van der Waals surface area (Å²) < 4.78 is 5.02. The van der Waals surface area contributed by atoms with Gasteiger partial charge in [0.2, 0.25) is 0 Å². The summed E-state index contributed by atoms with van der Waals surface area (Å²) in [5, 5.41) is 36.6. The Morgan fingerprint density at radius 2 is 2.00 bits per heavy atom. The van der Waals surface area contributed by atoms with Gasteiger partial charge in [0.15, 0.2) is 0 Å². The number of hydrogen-bond donors (Lipinski definition) is 4. The maximum atomic E-state index is 9.37. The van der Waals surface area contributed by atoms with Crippen molar-refractivity contribution in [3.05, 3.63) is 12.7 Å². The van der Waals surface area contributed by atoms with E-state index in [-0.39, 0.29) is 0 Å². The minimum absolute atomic E-state index is 0.390. The number of rotatable bonds is 3. The van der Waals surface area contributed by atoms with Crippen LogP contribution in [-0.4, -0.2) is 57.6 Å². The molecule has 1 aliphatic heterocycles. The van der Waals surface area contributed by atoms with Crippen LogP contribution < -0.4 is 0 Å². The van der Waals surface area contributed by atoms with Gasteiger partial charge in [-0.3, -0.25) is 0 Å². The van der Waals surface area contributed by atoms with Crippen LogP contribution >= 0.6 is 0 Å². The van der Waals surface area contributed by atoms with Crippen LogP contribution in [0.15, 0.2) is 12.7 Å². The highest BCUT2D eigenvalue weighted by Crippen LogP contribution is 2.23. The first-order chi connectivity index (χ1) is 6.11. The van der Waals surface area contributed by atoms with Gasteiger partial charge in [0.05, 0.1) is 6.61 Å². The van der Waals surface area contributed by atoms with E-state index in [1.807, 2.05) is 0 Å². The number of hydrogen-bond acceptors (Lipinski definition) is 5. The minimum Gasteiger partial charge on any atom is -0.394 e. The maximum Gasteiger partial charge on any atom is 0.116 e. The first kappa shape index (κ1) is 10.6. The molecule has 0 aliphatic carbocycles. The van der Waals surface area contributed by atoms with Gasteiger partial charge in [0.25, 0.3) is 0 Å². The highest BCUT2D eigenvalue weighted by atomic mass is 16.6. The molecule has 5 atom stereocenters. The second-order valence-corrected chi connectivity index (χ2v) is 3.03. The van der Waals surface area contributed by atoms with E-state index in [2.05, 4.69) is 6.58 Å². The van der Waals surface area contributed by atoms with E-state index in [0.717, 1.165) is 0 Å². The summed E-state index contributed by atoms with van der Waals surface area (Å²) in [6.45, 7) is 2.94. The Hall–Kier alpha value is -0.460. The van der Waals surface area contributed by atoms with Gasteiger partial charge in [0, 0.05) is 0 Å². The first-order valence-corrected chi connectivity index (χ1v) is 4.05.